The summed E-state index contributed by atoms with van der Waals surface area (Å²) in [5, 5.41) is 13.6. The summed E-state index contributed by atoms with van der Waals surface area (Å²) in [5.41, 5.74) is 4.10. The lowest BCUT2D eigenvalue weighted by Gasteiger charge is -2.11. The first-order valence-corrected chi connectivity index (χ1v) is 12.9. The second kappa shape index (κ2) is 10.3. The average Bonchev–Trinajstić information content (AvgIpc) is 3.57. The van der Waals surface area contributed by atoms with Gasteiger partial charge in [0.15, 0.2) is 0 Å². The third-order valence-electron chi connectivity index (χ3n) is 7.01. The Hall–Kier alpha value is -4.72. The number of nitrogens with one attached hydrogen (secondary N) is 2. The third-order valence-corrected chi connectivity index (χ3v) is 7.01. The van der Waals surface area contributed by atoms with Gasteiger partial charge in [0.1, 0.15) is 5.82 Å². The number of hydrogen-bond donors (Lipinski definition) is 2. The number of aromatic nitrogens is 5. The van der Waals surface area contributed by atoms with E-state index in [-0.39, 0.29) is 17.9 Å². The zero-order chi connectivity index (χ0) is 25.9. The molecule has 3 aromatic heterocycles. The number of hydrogen-bond acceptors (Lipinski definition) is 4. The molecule has 0 saturated heterocycles. The van der Waals surface area contributed by atoms with Crippen molar-refractivity contribution in [1.29, 1.82) is 0 Å². The van der Waals surface area contributed by atoms with Crippen LogP contribution in [0.3, 0.4) is 0 Å². The molecule has 190 valence electrons. The smallest absolute Gasteiger partial charge is 0.262 e. The van der Waals surface area contributed by atoms with E-state index >= 15 is 0 Å². The molecule has 3 heterocycles. The summed E-state index contributed by atoms with van der Waals surface area (Å²) in [5.74, 6) is 1.12. The molecule has 38 heavy (non-hydrogen) atoms. The molecule has 6 rings (SSSR count). The first kappa shape index (κ1) is 23.7. The second-order valence-electron chi connectivity index (χ2n) is 9.42. The third kappa shape index (κ3) is 4.56. The van der Waals surface area contributed by atoms with Gasteiger partial charge in [-0.1, -0.05) is 60.7 Å². The van der Waals surface area contributed by atoms with Gasteiger partial charge in [-0.15, -0.1) is 10.2 Å². The van der Waals surface area contributed by atoms with Crippen LogP contribution in [0.25, 0.3) is 27.6 Å². The fraction of sp³-hybridized carbons (Fsp3) is 0.200. The molecule has 0 bridgehead atoms. The minimum Gasteiger partial charge on any atom is -0.361 e. The highest BCUT2D eigenvalue weighted by Crippen LogP contribution is 2.18. The molecule has 8 heteroatoms. The van der Waals surface area contributed by atoms with Crippen molar-refractivity contribution in [3.8, 4) is 0 Å². The van der Waals surface area contributed by atoms with Crippen molar-refractivity contribution in [3.05, 3.63) is 112 Å². The maximum absolute atomic E-state index is 13.4. The molecule has 0 radical (unpaired) electrons. The van der Waals surface area contributed by atoms with E-state index in [2.05, 4.69) is 38.7 Å². The predicted molar refractivity (Wildman–Crippen MR) is 148 cm³/mol. The Morgan fingerprint density at radius 2 is 1.61 bits per heavy atom. The van der Waals surface area contributed by atoms with E-state index in [1.54, 1.807) is 4.57 Å². The van der Waals surface area contributed by atoms with Crippen molar-refractivity contribution in [2.45, 2.75) is 32.2 Å². The molecule has 0 unspecified atom stereocenters. The van der Waals surface area contributed by atoms with Crippen LogP contribution in [-0.2, 0) is 30.6 Å². The largest absolute Gasteiger partial charge is 0.361 e. The molecule has 0 aliphatic rings. The summed E-state index contributed by atoms with van der Waals surface area (Å²) >= 11 is 0. The fourth-order valence-electron chi connectivity index (χ4n) is 5.05. The normalized spacial score (nSPS) is 11.5. The molecule has 0 aliphatic heterocycles. The van der Waals surface area contributed by atoms with Crippen molar-refractivity contribution < 1.29 is 4.79 Å². The first-order chi connectivity index (χ1) is 18.7. The van der Waals surface area contributed by atoms with Crippen molar-refractivity contribution in [1.82, 2.24) is 29.5 Å². The summed E-state index contributed by atoms with van der Waals surface area (Å²) in [6.07, 6.45) is 4.16. The lowest BCUT2D eigenvalue weighted by molar-refractivity contribution is -0.121. The average molecular weight is 505 g/mol. The summed E-state index contributed by atoms with van der Waals surface area (Å²) < 4.78 is 3.61. The summed E-state index contributed by atoms with van der Waals surface area (Å²) in [7, 11) is 0. The molecule has 8 nitrogen and oxygen atoms in total. The van der Waals surface area contributed by atoms with Crippen LogP contribution >= 0.6 is 0 Å². The van der Waals surface area contributed by atoms with Crippen molar-refractivity contribution >= 4 is 33.5 Å². The highest BCUT2D eigenvalue weighted by atomic mass is 16.1. The van der Waals surface area contributed by atoms with Crippen LogP contribution in [0.4, 0.5) is 0 Å². The molecule has 3 aromatic carbocycles. The maximum atomic E-state index is 13.4. The molecular weight excluding hydrogens is 476 g/mol. The summed E-state index contributed by atoms with van der Waals surface area (Å²) in [4.78, 5) is 29.3. The van der Waals surface area contributed by atoms with Crippen LogP contribution in [-0.4, -0.2) is 36.6 Å². The number of carbonyl (C=O) groups excluding carboxylic acids is 1. The second-order valence-corrected chi connectivity index (χ2v) is 9.42. The van der Waals surface area contributed by atoms with Crippen molar-refractivity contribution in [2.75, 3.05) is 6.54 Å². The van der Waals surface area contributed by atoms with Gasteiger partial charge in [0, 0.05) is 43.0 Å². The molecule has 6 aromatic rings. The van der Waals surface area contributed by atoms with Gasteiger partial charge in [0.25, 0.3) is 5.56 Å². The van der Waals surface area contributed by atoms with E-state index in [1.165, 1.54) is 10.9 Å². The standard InChI is InChI=1S/C30H28N6O2/c37-28(31-18-16-22-20-32-25-12-6-4-10-23(22)25)15-14-27-33-34-30-35(19-17-21-8-2-1-3-9-21)29(38)24-11-5-7-13-26(24)36(27)30/h1-13,20,32H,14-19H2,(H,31,37). The van der Waals surface area contributed by atoms with E-state index in [1.807, 2.05) is 71.3 Å². The number of amides is 1. The predicted octanol–water partition coefficient (Wildman–Crippen LogP) is 4.06. The molecule has 0 atom stereocenters. The number of carbonyl (C=O) groups is 1. The van der Waals surface area contributed by atoms with Gasteiger partial charge in [-0.25, -0.2) is 0 Å². The summed E-state index contributed by atoms with van der Waals surface area (Å²) in [6, 6.07) is 25.7. The van der Waals surface area contributed by atoms with Crippen LogP contribution in [0.1, 0.15) is 23.4 Å². The van der Waals surface area contributed by atoms with Gasteiger partial charge in [-0.3, -0.25) is 18.6 Å². The number of para-hydroxylation sites is 2. The van der Waals surface area contributed by atoms with Gasteiger partial charge in [0.05, 0.1) is 10.9 Å². The maximum Gasteiger partial charge on any atom is 0.262 e. The number of H-pyrrole nitrogens is 1. The number of benzene rings is 3. The van der Waals surface area contributed by atoms with Gasteiger partial charge in [-0.2, -0.15) is 0 Å². The SMILES string of the molecule is O=C(CCc1nnc2n(CCc3ccccc3)c(=O)c3ccccc3n12)NCCc1c[nH]c2ccccc12. The van der Waals surface area contributed by atoms with Gasteiger partial charge >= 0.3 is 0 Å². The van der Waals surface area contributed by atoms with E-state index < -0.39 is 0 Å². The summed E-state index contributed by atoms with van der Waals surface area (Å²) in [6.45, 7) is 1.05. The Morgan fingerprint density at radius 3 is 2.47 bits per heavy atom. The van der Waals surface area contributed by atoms with Gasteiger partial charge < -0.3 is 10.3 Å². The molecule has 1 amide bonds. The van der Waals surface area contributed by atoms with E-state index in [9.17, 15) is 9.59 Å². The molecule has 0 aliphatic carbocycles. The molecule has 0 saturated carbocycles. The van der Waals surface area contributed by atoms with Crippen molar-refractivity contribution in [3.63, 3.8) is 0 Å². The quantitative estimate of drug-likeness (QED) is 0.310. The lowest BCUT2D eigenvalue weighted by Crippen LogP contribution is -2.26. The fourth-order valence-corrected chi connectivity index (χ4v) is 5.05. The van der Waals surface area contributed by atoms with Crippen LogP contribution in [0, 0.1) is 0 Å². The van der Waals surface area contributed by atoms with Crippen LogP contribution < -0.4 is 10.9 Å². The minimum atomic E-state index is -0.0852. The lowest BCUT2D eigenvalue weighted by atomic mass is 10.1. The molecule has 0 spiro atoms. The van der Waals surface area contributed by atoms with Crippen LogP contribution in [0.5, 0.6) is 0 Å². The zero-order valence-corrected chi connectivity index (χ0v) is 20.9. The van der Waals surface area contributed by atoms with E-state index in [0.717, 1.165) is 23.0 Å². The number of fused-ring (bicyclic) bond motifs is 4. The molecule has 0 fully saturated rings. The van der Waals surface area contributed by atoms with E-state index in [0.29, 0.717) is 42.9 Å². The van der Waals surface area contributed by atoms with Crippen LogP contribution in [0.2, 0.25) is 0 Å². The Labute approximate surface area is 219 Å². The Kier molecular flexibility index (Phi) is 6.44. The van der Waals surface area contributed by atoms with E-state index in [4.69, 9.17) is 0 Å². The van der Waals surface area contributed by atoms with Crippen molar-refractivity contribution in [2.24, 2.45) is 0 Å². The minimum absolute atomic E-state index is 0.0386. The molecular formula is C30H28N6O2. The Balaban J connectivity index is 1.19. The number of nitrogens with zero attached hydrogens (tertiary/aromatic N) is 4. The number of aromatic amines is 1. The Morgan fingerprint density at radius 1 is 0.842 bits per heavy atom. The number of rotatable bonds is 9. The Bertz CT molecular complexity index is 1800. The topological polar surface area (TPSA) is 97.1 Å². The first-order valence-electron chi connectivity index (χ1n) is 12.9. The number of aryl methyl sites for hydroxylation is 3. The van der Waals surface area contributed by atoms with Gasteiger partial charge in [-0.05, 0) is 42.2 Å². The highest BCUT2D eigenvalue weighted by Gasteiger charge is 2.17. The van der Waals surface area contributed by atoms with Crippen LogP contribution in [0.15, 0.2) is 89.9 Å². The zero-order valence-electron chi connectivity index (χ0n) is 20.9. The molecule has 2 N–H and O–H groups in total. The monoisotopic (exact) mass is 504 g/mol. The van der Waals surface area contributed by atoms with Gasteiger partial charge in [0.2, 0.25) is 11.7 Å². The highest BCUT2D eigenvalue weighted by molar-refractivity contribution is 5.83.